The SMILES string of the molecule is Cc1ccc(C(=O)CN(c2nc3ccccc3c(=O)o2)S(=O)(=O)c2ccc(C)cc2)cc1. The van der Waals surface area contributed by atoms with E-state index in [1.807, 2.05) is 13.8 Å². The smallest absolute Gasteiger partial charge is 0.348 e. The number of aromatic nitrogens is 1. The van der Waals surface area contributed by atoms with Crippen molar-refractivity contribution in [3.63, 3.8) is 0 Å². The number of benzene rings is 3. The number of carbonyl (C=O) groups is 1. The number of rotatable bonds is 6. The van der Waals surface area contributed by atoms with Crippen molar-refractivity contribution in [2.45, 2.75) is 18.7 Å². The third kappa shape index (κ3) is 4.17. The molecular formula is C24H20N2O5S. The predicted molar refractivity (Wildman–Crippen MR) is 121 cm³/mol. The molecule has 1 aromatic heterocycles. The first kappa shape index (κ1) is 21.5. The number of ketones is 1. The van der Waals surface area contributed by atoms with E-state index in [1.54, 1.807) is 54.6 Å². The largest absolute Gasteiger partial charge is 0.388 e. The number of hydrogen-bond donors (Lipinski definition) is 0. The Morgan fingerprint density at radius 3 is 2.16 bits per heavy atom. The number of hydrogen-bond acceptors (Lipinski definition) is 6. The van der Waals surface area contributed by atoms with Crippen LogP contribution in [0.5, 0.6) is 0 Å². The van der Waals surface area contributed by atoms with Gasteiger partial charge in [0, 0.05) is 5.56 Å². The van der Waals surface area contributed by atoms with Crippen LogP contribution in [0, 0.1) is 13.8 Å². The quantitative estimate of drug-likeness (QED) is 0.415. The fourth-order valence-corrected chi connectivity index (χ4v) is 4.47. The van der Waals surface area contributed by atoms with Crippen molar-refractivity contribution in [3.8, 4) is 0 Å². The number of aryl methyl sites for hydroxylation is 2. The highest BCUT2D eigenvalue weighted by Crippen LogP contribution is 2.24. The third-order valence-electron chi connectivity index (χ3n) is 5.01. The summed E-state index contributed by atoms with van der Waals surface area (Å²) in [7, 11) is -4.25. The Balaban J connectivity index is 1.84. The van der Waals surface area contributed by atoms with Crippen molar-refractivity contribution in [2.75, 3.05) is 10.8 Å². The Kier molecular flexibility index (Phi) is 5.63. The molecule has 32 heavy (non-hydrogen) atoms. The fourth-order valence-electron chi connectivity index (χ4n) is 3.17. The van der Waals surface area contributed by atoms with Crippen LogP contribution >= 0.6 is 0 Å². The van der Waals surface area contributed by atoms with E-state index >= 15 is 0 Å². The van der Waals surface area contributed by atoms with Gasteiger partial charge in [0.1, 0.15) is 6.54 Å². The summed E-state index contributed by atoms with van der Waals surface area (Å²) in [5.74, 6) is -0.460. The molecule has 0 bridgehead atoms. The number of sulfonamides is 1. The molecule has 0 aliphatic carbocycles. The van der Waals surface area contributed by atoms with E-state index in [0.717, 1.165) is 15.4 Å². The summed E-state index contributed by atoms with van der Waals surface area (Å²) in [6, 6.07) is 18.9. The van der Waals surface area contributed by atoms with Crippen LogP contribution in [0.15, 0.2) is 86.9 Å². The minimum atomic E-state index is -4.25. The van der Waals surface area contributed by atoms with Crippen molar-refractivity contribution < 1.29 is 17.6 Å². The summed E-state index contributed by atoms with van der Waals surface area (Å²) >= 11 is 0. The molecule has 0 radical (unpaired) electrons. The highest BCUT2D eigenvalue weighted by Gasteiger charge is 2.31. The first-order valence-electron chi connectivity index (χ1n) is 9.85. The van der Waals surface area contributed by atoms with Crippen LogP contribution in [-0.4, -0.2) is 25.7 Å². The molecule has 0 saturated carbocycles. The van der Waals surface area contributed by atoms with Crippen LogP contribution in [0.4, 0.5) is 6.01 Å². The fraction of sp³-hybridized carbons (Fsp3) is 0.125. The zero-order valence-electron chi connectivity index (χ0n) is 17.5. The lowest BCUT2D eigenvalue weighted by molar-refractivity contribution is 0.100. The monoisotopic (exact) mass is 448 g/mol. The molecule has 0 atom stereocenters. The van der Waals surface area contributed by atoms with E-state index in [9.17, 15) is 18.0 Å². The summed E-state index contributed by atoms with van der Waals surface area (Å²) in [4.78, 5) is 29.6. The molecule has 0 spiro atoms. The van der Waals surface area contributed by atoms with E-state index in [1.165, 1.54) is 18.2 Å². The first-order valence-corrected chi connectivity index (χ1v) is 11.3. The van der Waals surface area contributed by atoms with Gasteiger partial charge < -0.3 is 4.42 Å². The van der Waals surface area contributed by atoms with Crippen molar-refractivity contribution >= 4 is 32.7 Å². The minimum absolute atomic E-state index is 0.0441. The average molecular weight is 449 g/mol. The van der Waals surface area contributed by atoms with E-state index in [-0.39, 0.29) is 15.8 Å². The van der Waals surface area contributed by atoms with Gasteiger partial charge in [0.15, 0.2) is 5.78 Å². The normalized spacial score (nSPS) is 11.4. The number of Topliss-reactive ketones (excluding diaryl/α,β-unsaturated/α-hetero) is 1. The second-order valence-corrected chi connectivity index (χ2v) is 9.28. The zero-order chi connectivity index (χ0) is 22.9. The van der Waals surface area contributed by atoms with Gasteiger partial charge in [0.05, 0.1) is 15.8 Å². The topological polar surface area (TPSA) is 97.6 Å². The molecule has 0 saturated heterocycles. The van der Waals surface area contributed by atoms with Gasteiger partial charge >= 0.3 is 11.6 Å². The molecule has 1 heterocycles. The second-order valence-electron chi connectivity index (χ2n) is 7.41. The molecule has 4 rings (SSSR count). The molecule has 0 amide bonds. The number of fused-ring (bicyclic) bond motifs is 1. The van der Waals surface area contributed by atoms with Crippen LogP contribution in [0.3, 0.4) is 0 Å². The Bertz CT molecular complexity index is 1460. The number of nitrogens with zero attached hydrogens (tertiary/aromatic N) is 2. The van der Waals surface area contributed by atoms with Gasteiger partial charge in [0.25, 0.3) is 10.0 Å². The molecule has 0 fully saturated rings. The van der Waals surface area contributed by atoms with Crippen LogP contribution < -0.4 is 9.93 Å². The lowest BCUT2D eigenvalue weighted by Crippen LogP contribution is -2.37. The van der Waals surface area contributed by atoms with Crippen molar-refractivity contribution in [3.05, 3.63) is 99.9 Å². The van der Waals surface area contributed by atoms with E-state index in [4.69, 9.17) is 4.42 Å². The summed E-state index contributed by atoms with van der Waals surface area (Å²) < 4.78 is 33.0. The van der Waals surface area contributed by atoms with Crippen LogP contribution in [0.25, 0.3) is 10.9 Å². The molecule has 162 valence electrons. The van der Waals surface area contributed by atoms with Gasteiger partial charge in [-0.15, -0.1) is 0 Å². The lowest BCUT2D eigenvalue weighted by atomic mass is 10.1. The summed E-state index contributed by atoms with van der Waals surface area (Å²) in [5.41, 5.74) is 1.71. The highest BCUT2D eigenvalue weighted by atomic mass is 32.2. The number of para-hydroxylation sites is 1. The Morgan fingerprint density at radius 1 is 0.906 bits per heavy atom. The van der Waals surface area contributed by atoms with Gasteiger partial charge in [-0.25, -0.2) is 17.5 Å². The van der Waals surface area contributed by atoms with Gasteiger partial charge in [-0.2, -0.15) is 4.98 Å². The van der Waals surface area contributed by atoms with Gasteiger partial charge in [-0.1, -0.05) is 59.7 Å². The number of anilines is 1. The summed E-state index contributed by atoms with van der Waals surface area (Å²) in [5, 5.41) is 0.216. The van der Waals surface area contributed by atoms with Crippen molar-refractivity contribution in [2.24, 2.45) is 0 Å². The van der Waals surface area contributed by atoms with Crippen molar-refractivity contribution in [1.82, 2.24) is 4.98 Å². The molecule has 0 aliphatic rings. The third-order valence-corrected chi connectivity index (χ3v) is 6.74. The second kappa shape index (κ2) is 8.39. The van der Waals surface area contributed by atoms with Gasteiger partial charge in [0.2, 0.25) is 0 Å². The summed E-state index contributed by atoms with van der Waals surface area (Å²) in [6.07, 6.45) is 0. The van der Waals surface area contributed by atoms with Crippen LogP contribution in [-0.2, 0) is 10.0 Å². The Morgan fingerprint density at radius 2 is 1.50 bits per heavy atom. The Labute approximate surface area is 185 Å². The molecule has 3 aromatic carbocycles. The maximum absolute atomic E-state index is 13.5. The molecule has 0 N–H and O–H groups in total. The first-order chi connectivity index (χ1) is 15.3. The zero-order valence-corrected chi connectivity index (χ0v) is 18.3. The Hall–Kier alpha value is -3.78. The maximum Gasteiger partial charge on any atom is 0.348 e. The molecule has 7 nitrogen and oxygen atoms in total. The number of carbonyl (C=O) groups excluding carboxylic acids is 1. The van der Waals surface area contributed by atoms with Gasteiger partial charge in [-0.05, 0) is 38.1 Å². The van der Waals surface area contributed by atoms with Crippen LogP contribution in [0.2, 0.25) is 0 Å². The highest BCUT2D eigenvalue weighted by molar-refractivity contribution is 7.92. The van der Waals surface area contributed by atoms with Crippen LogP contribution in [0.1, 0.15) is 21.5 Å². The van der Waals surface area contributed by atoms with Crippen molar-refractivity contribution in [1.29, 1.82) is 0 Å². The standard InChI is InChI=1S/C24H20N2O5S/c1-16-7-11-18(12-8-16)22(27)15-26(32(29,30)19-13-9-17(2)10-14-19)24-25-21-6-4-3-5-20(21)23(28)31-24/h3-14H,15H2,1-2H3. The maximum atomic E-state index is 13.5. The molecule has 0 unspecified atom stereocenters. The minimum Gasteiger partial charge on any atom is -0.388 e. The predicted octanol–water partition coefficient (Wildman–Crippen LogP) is 3.88. The van der Waals surface area contributed by atoms with Gasteiger partial charge in [-0.3, -0.25) is 4.79 Å². The van der Waals surface area contributed by atoms with E-state index in [0.29, 0.717) is 5.56 Å². The van der Waals surface area contributed by atoms with E-state index < -0.39 is 34.0 Å². The lowest BCUT2D eigenvalue weighted by Gasteiger charge is -2.21. The molecule has 0 aliphatic heterocycles. The summed E-state index contributed by atoms with van der Waals surface area (Å²) in [6.45, 7) is 3.14. The molecule has 8 heteroatoms. The van der Waals surface area contributed by atoms with E-state index in [2.05, 4.69) is 4.98 Å². The molecular weight excluding hydrogens is 428 g/mol. The molecule has 4 aromatic rings. The average Bonchev–Trinajstić information content (AvgIpc) is 2.78.